The van der Waals surface area contributed by atoms with Crippen LogP contribution in [0.4, 0.5) is 0 Å². The third-order valence-corrected chi connectivity index (χ3v) is 2.58. The molecule has 1 amide bonds. The zero-order valence-corrected chi connectivity index (χ0v) is 10.8. The second-order valence-corrected chi connectivity index (χ2v) is 4.34. The van der Waals surface area contributed by atoms with Gasteiger partial charge in [0.2, 0.25) is 5.91 Å². The first-order chi connectivity index (χ1) is 8.15. The van der Waals surface area contributed by atoms with E-state index in [0.717, 1.165) is 5.56 Å². The minimum atomic E-state index is -0.0607. The largest absolute Gasteiger partial charge is 0.372 e. The van der Waals surface area contributed by atoms with Gasteiger partial charge in [0.05, 0.1) is 6.04 Å². The Morgan fingerprint density at radius 1 is 1.29 bits per heavy atom. The van der Waals surface area contributed by atoms with Crippen LogP contribution in [0.25, 0.3) is 0 Å². The molecule has 17 heavy (non-hydrogen) atoms. The Morgan fingerprint density at radius 3 is 2.47 bits per heavy atom. The molecule has 1 aromatic carbocycles. The molecular formula is C14H21NO2. The SMILES string of the molecule is CCOCC(=O)NC(c1ccccc1)C(C)C. The van der Waals surface area contributed by atoms with Crippen molar-refractivity contribution in [1.82, 2.24) is 5.32 Å². The molecule has 1 unspecified atom stereocenters. The Balaban J connectivity index is 2.65. The zero-order chi connectivity index (χ0) is 12.7. The van der Waals surface area contributed by atoms with Gasteiger partial charge >= 0.3 is 0 Å². The van der Waals surface area contributed by atoms with Crippen LogP contribution in [-0.2, 0) is 9.53 Å². The summed E-state index contributed by atoms with van der Waals surface area (Å²) in [6.45, 7) is 6.76. The predicted molar refractivity (Wildman–Crippen MR) is 68.7 cm³/mol. The maximum atomic E-state index is 11.7. The molecule has 1 N–H and O–H groups in total. The minimum absolute atomic E-state index is 0.0455. The summed E-state index contributed by atoms with van der Waals surface area (Å²) in [6, 6.07) is 10.1. The molecule has 0 heterocycles. The molecule has 1 atom stereocenters. The summed E-state index contributed by atoms with van der Waals surface area (Å²) in [5.41, 5.74) is 1.13. The van der Waals surface area contributed by atoms with Crippen LogP contribution in [0.3, 0.4) is 0 Å². The van der Waals surface area contributed by atoms with E-state index in [9.17, 15) is 4.79 Å². The summed E-state index contributed by atoms with van der Waals surface area (Å²) in [5.74, 6) is 0.289. The van der Waals surface area contributed by atoms with Gasteiger partial charge in [0, 0.05) is 6.61 Å². The number of nitrogens with one attached hydrogen (secondary N) is 1. The third-order valence-electron chi connectivity index (χ3n) is 2.58. The van der Waals surface area contributed by atoms with Crippen LogP contribution in [0.1, 0.15) is 32.4 Å². The fraction of sp³-hybridized carbons (Fsp3) is 0.500. The summed E-state index contributed by atoms with van der Waals surface area (Å²) in [7, 11) is 0. The Morgan fingerprint density at radius 2 is 1.94 bits per heavy atom. The minimum Gasteiger partial charge on any atom is -0.372 e. The molecule has 0 aliphatic carbocycles. The molecule has 1 aromatic rings. The Hall–Kier alpha value is -1.35. The van der Waals surface area contributed by atoms with E-state index in [1.807, 2.05) is 37.3 Å². The molecule has 3 nitrogen and oxygen atoms in total. The lowest BCUT2D eigenvalue weighted by molar-refractivity contribution is -0.126. The van der Waals surface area contributed by atoms with Gasteiger partial charge in [-0.05, 0) is 18.4 Å². The average molecular weight is 235 g/mol. The van der Waals surface area contributed by atoms with Crippen LogP contribution in [0.15, 0.2) is 30.3 Å². The number of amides is 1. The molecule has 0 saturated heterocycles. The van der Waals surface area contributed by atoms with Gasteiger partial charge in [0.1, 0.15) is 6.61 Å². The summed E-state index contributed by atoms with van der Waals surface area (Å²) in [4.78, 5) is 11.7. The molecule has 0 radical (unpaired) electrons. The molecule has 0 aliphatic heterocycles. The first-order valence-electron chi connectivity index (χ1n) is 6.07. The Labute approximate surface area is 103 Å². The van der Waals surface area contributed by atoms with Gasteiger partial charge in [-0.3, -0.25) is 4.79 Å². The highest BCUT2D eigenvalue weighted by atomic mass is 16.5. The summed E-state index contributed by atoms with van der Waals surface area (Å²) < 4.78 is 5.10. The molecule has 94 valence electrons. The Kier molecular flexibility index (Phi) is 5.70. The van der Waals surface area contributed by atoms with Crippen molar-refractivity contribution in [2.45, 2.75) is 26.8 Å². The second-order valence-electron chi connectivity index (χ2n) is 4.34. The van der Waals surface area contributed by atoms with E-state index in [1.165, 1.54) is 0 Å². The van der Waals surface area contributed by atoms with E-state index < -0.39 is 0 Å². The normalized spacial score (nSPS) is 12.5. The van der Waals surface area contributed by atoms with Gasteiger partial charge in [0.15, 0.2) is 0 Å². The molecule has 0 saturated carbocycles. The number of rotatable bonds is 6. The molecule has 3 heteroatoms. The number of hydrogen-bond acceptors (Lipinski definition) is 2. The van der Waals surface area contributed by atoms with E-state index in [1.54, 1.807) is 0 Å². The van der Waals surface area contributed by atoms with Crippen molar-refractivity contribution in [2.75, 3.05) is 13.2 Å². The monoisotopic (exact) mass is 235 g/mol. The summed E-state index contributed by atoms with van der Waals surface area (Å²) >= 11 is 0. The highest BCUT2D eigenvalue weighted by Gasteiger charge is 2.17. The lowest BCUT2D eigenvalue weighted by Gasteiger charge is -2.22. The third kappa shape index (κ3) is 4.57. The second kappa shape index (κ2) is 7.07. The highest BCUT2D eigenvalue weighted by molar-refractivity contribution is 5.77. The van der Waals surface area contributed by atoms with Crippen LogP contribution < -0.4 is 5.32 Å². The fourth-order valence-corrected chi connectivity index (χ4v) is 1.71. The molecule has 0 spiro atoms. The number of carbonyl (C=O) groups excluding carboxylic acids is 1. The zero-order valence-electron chi connectivity index (χ0n) is 10.8. The van der Waals surface area contributed by atoms with Crippen molar-refractivity contribution in [3.63, 3.8) is 0 Å². The van der Waals surface area contributed by atoms with E-state index >= 15 is 0 Å². The number of ether oxygens (including phenoxy) is 1. The number of benzene rings is 1. The van der Waals surface area contributed by atoms with E-state index in [2.05, 4.69) is 19.2 Å². The van der Waals surface area contributed by atoms with E-state index in [0.29, 0.717) is 12.5 Å². The average Bonchev–Trinajstić information content (AvgIpc) is 2.34. The lowest BCUT2D eigenvalue weighted by Crippen LogP contribution is -2.34. The lowest BCUT2D eigenvalue weighted by atomic mass is 9.96. The van der Waals surface area contributed by atoms with Crippen molar-refractivity contribution in [3.8, 4) is 0 Å². The predicted octanol–water partition coefficient (Wildman–Crippen LogP) is 2.54. The van der Waals surface area contributed by atoms with Crippen LogP contribution in [0, 0.1) is 5.92 Å². The van der Waals surface area contributed by atoms with Gasteiger partial charge < -0.3 is 10.1 Å². The quantitative estimate of drug-likeness (QED) is 0.823. The van der Waals surface area contributed by atoms with Gasteiger partial charge in [-0.2, -0.15) is 0 Å². The van der Waals surface area contributed by atoms with Crippen LogP contribution >= 0.6 is 0 Å². The molecule has 0 aliphatic rings. The maximum absolute atomic E-state index is 11.7. The van der Waals surface area contributed by atoms with E-state index in [-0.39, 0.29) is 18.6 Å². The number of carbonyl (C=O) groups is 1. The molecule has 0 aromatic heterocycles. The van der Waals surface area contributed by atoms with Crippen LogP contribution in [0.5, 0.6) is 0 Å². The van der Waals surface area contributed by atoms with Gasteiger partial charge in [0.25, 0.3) is 0 Å². The summed E-state index contributed by atoms with van der Waals surface area (Å²) in [5, 5.41) is 3.00. The topological polar surface area (TPSA) is 38.3 Å². The van der Waals surface area contributed by atoms with Crippen LogP contribution in [0.2, 0.25) is 0 Å². The van der Waals surface area contributed by atoms with Gasteiger partial charge in [-0.15, -0.1) is 0 Å². The standard InChI is InChI=1S/C14H21NO2/c1-4-17-10-13(16)15-14(11(2)3)12-8-6-5-7-9-12/h5-9,11,14H,4,10H2,1-3H3,(H,15,16). The van der Waals surface area contributed by atoms with Crippen molar-refractivity contribution in [2.24, 2.45) is 5.92 Å². The molecular weight excluding hydrogens is 214 g/mol. The highest BCUT2D eigenvalue weighted by Crippen LogP contribution is 2.20. The molecule has 0 bridgehead atoms. The van der Waals surface area contributed by atoms with Crippen LogP contribution in [-0.4, -0.2) is 19.1 Å². The number of hydrogen-bond donors (Lipinski definition) is 1. The smallest absolute Gasteiger partial charge is 0.246 e. The summed E-state index contributed by atoms with van der Waals surface area (Å²) in [6.07, 6.45) is 0. The maximum Gasteiger partial charge on any atom is 0.246 e. The van der Waals surface area contributed by atoms with Gasteiger partial charge in [-0.25, -0.2) is 0 Å². The first-order valence-corrected chi connectivity index (χ1v) is 6.07. The Bertz CT molecular complexity index is 335. The van der Waals surface area contributed by atoms with Gasteiger partial charge in [-0.1, -0.05) is 44.2 Å². The van der Waals surface area contributed by atoms with Crippen molar-refractivity contribution in [3.05, 3.63) is 35.9 Å². The van der Waals surface area contributed by atoms with Crippen molar-refractivity contribution >= 4 is 5.91 Å². The van der Waals surface area contributed by atoms with E-state index in [4.69, 9.17) is 4.74 Å². The van der Waals surface area contributed by atoms with Crippen molar-refractivity contribution < 1.29 is 9.53 Å². The molecule has 1 rings (SSSR count). The first kappa shape index (κ1) is 13.7. The van der Waals surface area contributed by atoms with Crippen molar-refractivity contribution in [1.29, 1.82) is 0 Å². The molecule has 0 fully saturated rings. The fourth-order valence-electron chi connectivity index (χ4n) is 1.71.